The Morgan fingerprint density at radius 1 is 1.50 bits per heavy atom. The first kappa shape index (κ1) is 8.94. The van der Waals surface area contributed by atoms with Crippen LogP contribution in [0.1, 0.15) is 18.2 Å². The smallest absolute Gasteiger partial charge is 0.149 e. The van der Waals surface area contributed by atoms with Crippen molar-refractivity contribution in [1.29, 1.82) is 0 Å². The molecule has 0 fully saturated rings. The molecule has 0 saturated carbocycles. The SMILES string of the molecule is C=C(C)c1n[nH]c2c(F)cc(C)cc12. The van der Waals surface area contributed by atoms with Crippen molar-refractivity contribution in [3.63, 3.8) is 0 Å². The Balaban J connectivity index is 2.85. The number of fused-ring (bicyclic) bond motifs is 1. The van der Waals surface area contributed by atoms with Crippen LogP contribution in [0.3, 0.4) is 0 Å². The van der Waals surface area contributed by atoms with E-state index in [0.29, 0.717) is 5.52 Å². The van der Waals surface area contributed by atoms with Gasteiger partial charge in [-0.15, -0.1) is 0 Å². The zero-order chi connectivity index (χ0) is 10.3. The van der Waals surface area contributed by atoms with E-state index in [-0.39, 0.29) is 5.82 Å². The second-order valence-corrected chi connectivity index (χ2v) is 3.52. The number of H-pyrrole nitrogens is 1. The Morgan fingerprint density at radius 3 is 2.86 bits per heavy atom. The highest BCUT2D eigenvalue weighted by Crippen LogP contribution is 2.24. The van der Waals surface area contributed by atoms with Gasteiger partial charge in [-0.05, 0) is 37.1 Å². The van der Waals surface area contributed by atoms with E-state index in [1.165, 1.54) is 6.07 Å². The molecule has 0 atom stereocenters. The second kappa shape index (κ2) is 2.94. The number of benzene rings is 1. The highest BCUT2D eigenvalue weighted by molar-refractivity contribution is 5.90. The Bertz CT molecular complexity index is 511. The molecule has 0 spiro atoms. The fourth-order valence-electron chi connectivity index (χ4n) is 1.54. The van der Waals surface area contributed by atoms with E-state index in [1.54, 1.807) is 0 Å². The number of rotatable bonds is 1. The maximum absolute atomic E-state index is 13.4. The number of halogens is 1. The van der Waals surface area contributed by atoms with E-state index in [4.69, 9.17) is 0 Å². The summed E-state index contributed by atoms with van der Waals surface area (Å²) in [6, 6.07) is 3.40. The van der Waals surface area contributed by atoms with Crippen LogP contribution in [0.15, 0.2) is 18.7 Å². The lowest BCUT2D eigenvalue weighted by Crippen LogP contribution is -1.82. The molecule has 0 unspecified atom stereocenters. The standard InChI is InChI=1S/C11H11FN2/c1-6(2)10-8-4-7(3)5-9(12)11(8)14-13-10/h4-5H,1H2,2-3H3,(H,13,14). The molecule has 1 N–H and O–H groups in total. The van der Waals surface area contributed by atoms with Crippen LogP contribution in [0.4, 0.5) is 4.39 Å². The molecule has 3 heteroatoms. The molecular weight excluding hydrogens is 179 g/mol. The molecule has 0 aliphatic rings. The van der Waals surface area contributed by atoms with Gasteiger partial charge in [-0.3, -0.25) is 5.10 Å². The third-order valence-corrected chi connectivity index (χ3v) is 2.17. The number of allylic oxidation sites excluding steroid dienone is 1. The molecule has 0 radical (unpaired) electrons. The summed E-state index contributed by atoms with van der Waals surface area (Å²) < 4.78 is 13.4. The molecule has 1 heterocycles. The van der Waals surface area contributed by atoms with Crippen molar-refractivity contribution < 1.29 is 4.39 Å². The molecule has 0 aliphatic carbocycles. The summed E-state index contributed by atoms with van der Waals surface area (Å²) in [5.41, 5.74) is 2.91. The second-order valence-electron chi connectivity index (χ2n) is 3.52. The van der Waals surface area contributed by atoms with Gasteiger partial charge >= 0.3 is 0 Å². The van der Waals surface area contributed by atoms with Gasteiger partial charge in [0.2, 0.25) is 0 Å². The molecule has 2 aromatic rings. The minimum Gasteiger partial charge on any atom is -0.274 e. The van der Waals surface area contributed by atoms with Crippen LogP contribution < -0.4 is 0 Å². The summed E-state index contributed by atoms with van der Waals surface area (Å²) in [5.74, 6) is -0.264. The van der Waals surface area contributed by atoms with E-state index in [9.17, 15) is 4.39 Å². The molecule has 1 aromatic heterocycles. The predicted octanol–water partition coefficient (Wildman–Crippen LogP) is 3.04. The molecule has 0 aliphatic heterocycles. The third kappa shape index (κ3) is 1.21. The largest absolute Gasteiger partial charge is 0.274 e. The fourth-order valence-corrected chi connectivity index (χ4v) is 1.54. The lowest BCUT2D eigenvalue weighted by molar-refractivity contribution is 0.635. The van der Waals surface area contributed by atoms with Gasteiger partial charge in [0.05, 0.1) is 5.69 Å². The van der Waals surface area contributed by atoms with E-state index < -0.39 is 0 Å². The first-order valence-corrected chi connectivity index (χ1v) is 4.39. The Kier molecular flexibility index (Phi) is 1.88. The summed E-state index contributed by atoms with van der Waals surface area (Å²) >= 11 is 0. The van der Waals surface area contributed by atoms with Crippen LogP contribution in [-0.4, -0.2) is 10.2 Å². The van der Waals surface area contributed by atoms with Crippen LogP contribution >= 0.6 is 0 Å². The van der Waals surface area contributed by atoms with Crippen LogP contribution in [0.25, 0.3) is 16.5 Å². The monoisotopic (exact) mass is 190 g/mol. The van der Waals surface area contributed by atoms with Crippen LogP contribution in [0, 0.1) is 12.7 Å². The maximum atomic E-state index is 13.4. The van der Waals surface area contributed by atoms with Crippen molar-refractivity contribution >= 4 is 16.5 Å². The number of nitrogens with zero attached hydrogens (tertiary/aromatic N) is 1. The average Bonchev–Trinajstić information content (AvgIpc) is 2.47. The molecule has 0 saturated heterocycles. The number of nitrogens with one attached hydrogen (secondary N) is 1. The van der Waals surface area contributed by atoms with E-state index in [1.807, 2.05) is 19.9 Å². The van der Waals surface area contributed by atoms with Gasteiger partial charge in [0.1, 0.15) is 11.3 Å². The molecule has 1 aromatic carbocycles. The maximum Gasteiger partial charge on any atom is 0.149 e. The minimum absolute atomic E-state index is 0.264. The number of hydrogen-bond donors (Lipinski definition) is 1. The highest BCUT2D eigenvalue weighted by atomic mass is 19.1. The summed E-state index contributed by atoms with van der Waals surface area (Å²) in [4.78, 5) is 0. The Hall–Kier alpha value is -1.64. The molecule has 72 valence electrons. The Labute approximate surface area is 81.4 Å². The van der Waals surface area contributed by atoms with Crippen molar-refractivity contribution in [2.24, 2.45) is 0 Å². The number of hydrogen-bond acceptors (Lipinski definition) is 1. The lowest BCUT2D eigenvalue weighted by atomic mass is 10.1. The normalized spacial score (nSPS) is 10.8. The Morgan fingerprint density at radius 2 is 2.21 bits per heavy atom. The number of aryl methyl sites for hydroxylation is 1. The van der Waals surface area contributed by atoms with E-state index in [2.05, 4.69) is 16.8 Å². The van der Waals surface area contributed by atoms with Gasteiger partial charge in [-0.2, -0.15) is 5.10 Å². The fraction of sp³-hybridized carbons (Fsp3) is 0.182. The first-order valence-electron chi connectivity index (χ1n) is 4.39. The van der Waals surface area contributed by atoms with E-state index in [0.717, 1.165) is 22.2 Å². The average molecular weight is 190 g/mol. The summed E-state index contributed by atoms with van der Waals surface area (Å²) in [6.07, 6.45) is 0. The quantitative estimate of drug-likeness (QED) is 0.735. The minimum atomic E-state index is -0.264. The van der Waals surface area contributed by atoms with Gasteiger partial charge in [0.15, 0.2) is 0 Å². The van der Waals surface area contributed by atoms with Crippen molar-refractivity contribution in [3.8, 4) is 0 Å². The number of aromatic nitrogens is 2. The number of aromatic amines is 1. The van der Waals surface area contributed by atoms with Gasteiger partial charge in [0, 0.05) is 5.39 Å². The summed E-state index contributed by atoms with van der Waals surface area (Å²) in [6.45, 7) is 7.52. The molecule has 2 nitrogen and oxygen atoms in total. The molecule has 2 rings (SSSR count). The van der Waals surface area contributed by atoms with Crippen LogP contribution in [0.2, 0.25) is 0 Å². The van der Waals surface area contributed by atoms with Crippen LogP contribution in [-0.2, 0) is 0 Å². The molecule has 0 bridgehead atoms. The van der Waals surface area contributed by atoms with Crippen molar-refractivity contribution in [1.82, 2.24) is 10.2 Å². The van der Waals surface area contributed by atoms with Crippen LogP contribution in [0.5, 0.6) is 0 Å². The predicted molar refractivity (Wildman–Crippen MR) is 55.5 cm³/mol. The molecule has 0 amide bonds. The van der Waals surface area contributed by atoms with Gasteiger partial charge in [-0.25, -0.2) is 4.39 Å². The van der Waals surface area contributed by atoms with Crippen molar-refractivity contribution in [2.45, 2.75) is 13.8 Å². The zero-order valence-corrected chi connectivity index (χ0v) is 8.19. The zero-order valence-electron chi connectivity index (χ0n) is 8.19. The lowest BCUT2D eigenvalue weighted by Gasteiger charge is -1.97. The summed E-state index contributed by atoms with van der Waals surface area (Å²) in [7, 11) is 0. The summed E-state index contributed by atoms with van der Waals surface area (Å²) in [5, 5.41) is 7.51. The van der Waals surface area contributed by atoms with E-state index >= 15 is 0 Å². The van der Waals surface area contributed by atoms with Gasteiger partial charge < -0.3 is 0 Å². The van der Waals surface area contributed by atoms with Gasteiger partial charge in [0.25, 0.3) is 0 Å². The topological polar surface area (TPSA) is 28.7 Å². The molecule has 14 heavy (non-hydrogen) atoms. The van der Waals surface area contributed by atoms with Gasteiger partial charge in [-0.1, -0.05) is 6.58 Å². The first-order chi connectivity index (χ1) is 6.59. The highest BCUT2D eigenvalue weighted by Gasteiger charge is 2.10. The van der Waals surface area contributed by atoms with Crippen molar-refractivity contribution in [2.75, 3.05) is 0 Å². The molecular formula is C11H11FN2. The van der Waals surface area contributed by atoms with Crippen molar-refractivity contribution in [3.05, 3.63) is 35.8 Å². The third-order valence-electron chi connectivity index (χ3n) is 2.17.